The van der Waals surface area contributed by atoms with Crippen LogP contribution in [0.5, 0.6) is 5.75 Å². The number of benzene rings is 3. The van der Waals surface area contributed by atoms with Crippen molar-refractivity contribution in [2.24, 2.45) is 0 Å². The van der Waals surface area contributed by atoms with Crippen LogP contribution < -0.4 is 0 Å². The highest BCUT2D eigenvalue weighted by Crippen LogP contribution is 2.28. The number of carbonyl (C=O) groups excluding carboxylic acids is 2. The van der Waals surface area contributed by atoms with Crippen molar-refractivity contribution >= 4 is 11.6 Å². The van der Waals surface area contributed by atoms with Crippen LogP contribution >= 0.6 is 0 Å². The van der Waals surface area contributed by atoms with Gasteiger partial charge in [-0.2, -0.15) is 0 Å². The van der Waals surface area contributed by atoms with Crippen LogP contribution in [0.15, 0.2) is 84.9 Å². The molecule has 0 radical (unpaired) electrons. The van der Waals surface area contributed by atoms with E-state index in [-0.39, 0.29) is 29.3 Å². The van der Waals surface area contributed by atoms with Gasteiger partial charge in [-0.25, -0.2) is 0 Å². The topological polar surface area (TPSA) is 54.4 Å². The molecule has 0 aliphatic heterocycles. The van der Waals surface area contributed by atoms with E-state index < -0.39 is 5.92 Å². The van der Waals surface area contributed by atoms with E-state index in [2.05, 4.69) is 0 Å². The van der Waals surface area contributed by atoms with E-state index in [1.54, 1.807) is 12.1 Å². The van der Waals surface area contributed by atoms with Crippen molar-refractivity contribution in [3.05, 3.63) is 102 Å². The van der Waals surface area contributed by atoms with E-state index in [1.165, 1.54) is 12.1 Å². The predicted octanol–water partition coefficient (Wildman–Crippen LogP) is 4.37. The fourth-order valence-corrected chi connectivity index (χ4v) is 2.92. The zero-order chi connectivity index (χ0) is 17.6. The van der Waals surface area contributed by atoms with Crippen LogP contribution in [-0.4, -0.2) is 16.7 Å². The normalized spacial score (nSPS) is 10.6. The van der Waals surface area contributed by atoms with E-state index in [4.69, 9.17) is 0 Å². The van der Waals surface area contributed by atoms with E-state index in [9.17, 15) is 14.7 Å². The molecular formula is C22H18O3. The molecule has 3 heteroatoms. The van der Waals surface area contributed by atoms with Crippen LogP contribution in [0.1, 0.15) is 33.8 Å². The average molecular weight is 330 g/mol. The molecule has 0 fully saturated rings. The summed E-state index contributed by atoms with van der Waals surface area (Å²) in [5, 5.41) is 9.83. The van der Waals surface area contributed by atoms with Crippen molar-refractivity contribution in [3.63, 3.8) is 0 Å². The number of phenols is 1. The van der Waals surface area contributed by atoms with Gasteiger partial charge in [0.2, 0.25) is 0 Å². The molecule has 3 aromatic rings. The largest absolute Gasteiger partial charge is 0.507 e. The smallest absolute Gasteiger partial charge is 0.173 e. The first kappa shape index (κ1) is 16.7. The zero-order valence-electron chi connectivity index (χ0n) is 13.6. The predicted molar refractivity (Wildman–Crippen MR) is 96.8 cm³/mol. The molecule has 3 nitrogen and oxygen atoms in total. The fraction of sp³-hybridized carbons (Fsp3) is 0.0909. The summed E-state index contributed by atoms with van der Waals surface area (Å²) in [6.07, 6.45) is -0.258. The molecule has 0 unspecified atom stereocenters. The van der Waals surface area contributed by atoms with Gasteiger partial charge >= 0.3 is 0 Å². The first-order valence-corrected chi connectivity index (χ1v) is 8.10. The molecule has 1 N–H and O–H groups in total. The number of aromatic hydroxyl groups is 1. The standard InChI is InChI=1S/C22H18O3/c23-19-14-8-7-13-18(19)20(24)15-21(25)22(16-9-3-1-4-10-16)17-11-5-2-6-12-17/h1-14,22-23H,15H2. The molecule has 0 aromatic heterocycles. The molecule has 0 atom stereocenters. The number of ketones is 2. The van der Waals surface area contributed by atoms with Gasteiger partial charge in [-0.3, -0.25) is 9.59 Å². The minimum absolute atomic E-state index is 0.101. The van der Waals surface area contributed by atoms with E-state index in [0.717, 1.165) is 11.1 Å². The second-order valence-electron chi connectivity index (χ2n) is 5.84. The lowest BCUT2D eigenvalue weighted by atomic mass is 9.85. The van der Waals surface area contributed by atoms with Crippen LogP contribution in [0.3, 0.4) is 0 Å². The lowest BCUT2D eigenvalue weighted by molar-refractivity contribution is -0.118. The van der Waals surface area contributed by atoms with Crippen molar-refractivity contribution in [1.82, 2.24) is 0 Å². The summed E-state index contributed by atoms with van der Waals surface area (Å²) in [6.45, 7) is 0. The van der Waals surface area contributed by atoms with Gasteiger partial charge in [-0.05, 0) is 23.3 Å². The van der Waals surface area contributed by atoms with Crippen LogP contribution in [0.2, 0.25) is 0 Å². The van der Waals surface area contributed by atoms with E-state index >= 15 is 0 Å². The first-order valence-electron chi connectivity index (χ1n) is 8.10. The number of hydrogen-bond acceptors (Lipinski definition) is 3. The molecule has 124 valence electrons. The minimum atomic E-state index is -0.503. The molecule has 0 bridgehead atoms. The highest BCUT2D eigenvalue weighted by Gasteiger charge is 2.25. The Morgan fingerprint density at radius 2 is 1.20 bits per heavy atom. The van der Waals surface area contributed by atoms with Gasteiger partial charge in [-0.15, -0.1) is 0 Å². The second-order valence-corrected chi connectivity index (χ2v) is 5.84. The number of Topliss-reactive ketones (excluding diaryl/α,β-unsaturated/α-hetero) is 2. The summed E-state index contributed by atoms with van der Waals surface area (Å²) in [7, 11) is 0. The van der Waals surface area contributed by atoms with Crippen LogP contribution in [0.4, 0.5) is 0 Å². The number of rotatable bonds is 6. The average Bonchev–Trinajstić information content (AvgIpc) is 2.64. The molecule has 0 saturated heterocycles. The molecular weight excluding hydrogens is 312 g/mol. The Kier molecular flexibility index (Phi) is 5.05. The van der Waals surface area contributed by atoms with Gasteiger partial charge in [0.25, 0.3) is 0 Å². The fourth-order valence-electron chi connectivity index (χ4n) is 2.92. The summed E-state index contributed by atoms with van der Waals surface area (Å²) in [5.74, 6) is -1.17. The molecule has 25 heavy (non-hydrogen) atoms. The molecule has 3 aromatic carbocycles. The van der Waals surface area contributed by atoms with Gasteiger partial charge in [0, 0.05) is 0 Å². The Hall–Kier alpha value is -3.20. The molecule has 0 amide bonds. The molecule has 3 rings (SSSR count). The third-order valence-electron chi connectivity index (χ3n) is 4.13. The van der Waals surface area contributed by atoms with Gasteiger partial charge < -0.3 is 5.11 Å². The van der Waals surface area contributed by atoms with Crippen LogP contribution in [-0.2, 0) is 4.79 Å². The zero-order valence-corrected chi connectivity index (χ0v) is 13.6. The molecule has 0 aliphatic carbocycles. The van der Waals surface area contributed by atoms with Gasteiger partial charge in [0.05, 0.1) is 17.9 Å². The Morgan fingerprint density at radius 1 is 0.720 bits per heavy atom. The molecule has 0 aliphatic rings. The number of phenolic OH excluding ortho intramolecular Hbond substituents is 1. The van der Waals surface area contributed by atoms with E-state index in [0.29, 0.717) is 0 Å². The van der Waals surface area contributed by atoms with Gasteiger partial charge in [0.15, 0.2) is 11.6 Å². The monoisotopic (exact) mass is 330 g/mol. The van der Waals surface area contributed by atoms with Crippen molar-refractivity contribution in [2.45, 2.75) is 12.3 Å². The lowest BCUT2D eigenvalue weighted by Crippen LogP contribution is -2.18. The number of carbonyl (C=O) groups is 2. The van der Waals surface area contributed by atoms with Gasteiger partial charge in [-0.1, -0.05) is 72.8 Å². The first-order chi connectivity index (χ1) is 12.2. The lowest BCUT2D eigenvalue weighted by Gasteiger charge is -2.17. The van der Waals surface area contributed by atoms with Gasteiger partial charge in [0.1, 0.15) is 5.75 Å². The summed E-state index contributed by atoms with van der Waals surface area (Å²) in [6, 6.07) is 25.1. The second kappa shape index (κ2) is 7.58. The summed E-state index contributed by atoms with van der Waals surface area (Å²) in [5.41, 5.74) is 1.88. The van der Waals surface area contributed by atoms with E-state index in [1.807, 2.05) is 60.7 Å². The Bertz CT molecular complexity index is 831. The summed E-state index contributed by atoms with van der Waals surface area (Å²) in [4.78, 5) is 25.4. The third-order valence-corrected chi connectivity index (χ3v) is 4.13. The molecule has 0 saturated carbocycles. The van der Waals surface area contributed by atoms with Crippen molar-refractivity contribution < 1.29 is 14.7 Å². The molecule has 0 heterocycles. The summed E-state index contributed by atoms with van der Waals surface area (Å²) < 4.78 is 0. The number of para-hydroxylation sites is 1. The number of hydrogen-bond donors (Lipinski definition) is 1. The SMILES string of the molecule is O=C(CC(=O)C(c1ccccc1)c1ccccc1)c1ccccc1O. The molecule has 0 spiro atoms. The Labute approximate surface area is 146 Å². The maximum Gasteiger partial charge on any atom is 0.173 e. The van der Waals surface area contributed by atoms with Crippen LogP contribution in [0.25, 0.3) is 0 Å². The van der Waals surface area contributed by atoms with Crippen molar-refractivity contribution in [3.8, 4) is 5.75 Å². The summed E-state index contributed by atoms with van der Waals surface area (Å²) >= 11 is 0. The van der Waals surface area contributed by atoms with Crippen molar-refractivity contribution in [1.29, 1.82) is 0 Å². The maximum absolute atomic E-state index is 12.9. The highest BCUT2D eigenvalue weighted by molar-refractivity contribution is 6.11. The maximum atomic E-state index is 12.9. The van der Waals surface area contributed by atoms with Crippen LogP contribution in [0, 0.1) is 0 Å². The Morgan fingerprint density at radius 3 is 1.72 bits per heavy atom. The quantitative estimate of drug-likeness (QED) is 0.539. The minimum Gasteiger partial charge on any atom is -0.507 e. The van der Waals surface area contributed by atoms with Crippen molar-refractivity contribution in [2.75, 3.05) is 0 Å². The third kappa shape index (κ3) is 3.83. The Balaban J connectivity index is 1.90. The highest BCUT2D eigenvalue weighted by atomic mass is 16.3.